The number of hydrogen-bond donors (Lipinski definition) is 1. The molecule has 1 aliphatic heterocycles. The van der Waals surface area contributed by atoms with E-state index in [4.69, 9.17) is 18.0 Å². The van der Waals surface area contributed by atoms with Gasteiger partial charge < -0.3 is 5.73 Å². The highest BCUT2D eigenvalue weighted by molar-refractivity contribution is 7.89. The fraction of sp³-hybridized carbons (Fsp3) is 0.889. The molecule has 0 aromatic rings. The van der Waals surface area contributed by atoms with Gasteiger partial charge in [-0.2, -0.15) is 4.31 Å². The lowest BCUT2D eigenvalue weighted by molar-refractivity contribution is 0.285. The van der Waals surface area contributed by atoms with Crippen LogP contribution in [0.1, 0.15) is 32.1 Å². The second-order valence-corrected chi connectivity index (χ2v) is 6.80. The van der Waals surface area contributed by atoms with Gasteiger partial charge in [0.2, 0.25) is 10.0 Å². The zero-order valence-corrected chi connectivity index (χ0v) is 10.2. The maximum absolute atomic E-state index is 11.9. The van der Waals surface area contributed by atoms with Crippen molar-refractivity contribution in [3.05, 3.63) is 0 Å². The Labute approximate surface area is 95.9 Å². The minimum Gasteiger partial charge on any atom is -0.392 e. The largest absolute Gasteiger partial charge is 0.392 e. The summed E-state index contributed by atoms with van der Waals surface area (Å²) in [6.45, 7) is 0.583. The first-order chi connectivity index (χ1) is 6.99. The van der Waals surface area contributed by atoms with E-state index in [1.807, 2.05) is 0 Å². The monoisotopic (exact) mass is 248 g/mol. The Hall–Kier alpha value is -0.200. The summed E-state index contributed by atoms with van der Waals surface area (Å²) in [5.74, 6) is 0.247. The van der Waals surface area contributed by atoms with Crippen molar-refractivity contribution in [1.29, 1.82) is 0 Å². The van der Waals surface area contributed by atoms with E-state index in [1.54, 1.807) is 4.31 Å². The molecule has 0 atom stereocenters. The van der Waals surface area contributed by atoms with E-state index in [9.17, 15) is 8.42 Å². The Morgan fingerprint density at radius 3 is 2.27 bits per heavy atom. The first kappa shape index (κ1) is 11.3. The normalized spacial score (nSPS) is 29.3. The number of thiocarbonyl (C=S) groups is 1. The van der Waals surface area contributed by atoms with E-state index in [0.717, 1.165) is 25.7 Å². The molecule has 86 valence electrons. The van der Waals surface area contributed by atoms with Crippen molar-refractivity contribution in [3.8, 4) is 0 Å². The molecule has 0 bridgehead atoms. The van der Waals surface area contributed by atoms with Crippen LogP contribution in [0.5, 0.6) is 0 Å². The molecule has 2 rings (SSSR count). The lowest BCUT2D eigenvalue weighted by Gasteiger charge is -2.36. The quantitative estimate of drug-likeness (QED) is 0.728. The Morgan fingerprint density at radius 2 is 1.87 bits per heavy atom. The molecule has 1 heterocycles. The van der Waals surface area contributed by atoms with Crippen LogP contribution in [0.3, 0.4) is 0 Å². The summed E-state index contributed by atoms with van der Waals surface area (Å²) in [5.41, 5.74) is 5.22. The van der Waals surface area contributed by atoms with E-state index >= 15 is 0 Å². The zero-order valence-electron chi connectivity index (χ0n) is 8.61. The van der Waals surface area contributed by atoms with Crippen LogP contribution in [0, 0.1) is 0 Å². The van der Waals surface area contributed by atoms with Gasteiger partial charge in [0.1, 0.15) is 0 Å². The molecular formula is C9H16N2O2S2. The summed E-state index contributed by atoms with van der Waals surface area (Å²) in [6, 6.07) is 0. The Kier molecular flexibility index (Phi) is 2.77. The third-order valence-corrected chi connectivity index (χ3v) is 5.85. The van der Waals surface area contributed by atoms with Crippen molar-refractivity contribution < 1.29 is 8.42 Å². The van der Waals surface area contributed by atoms with Gasteiger partial charge in [-0.3, -0.25) is 0 Å². The number of rotatable bonds is 2. The van der Waals surface area contributed by atoms with E-state index < -0.39 is 15.6 Å². The number of hydrogen-bond acceptors (Lipinski definition) is 3. The van der Waals surface area contributed by atoms with Crippen molar-refractivity contribution in [1.82, 2.24) is 4.31 Å². The first-order valence-corrected chi connectivity index (χ1v) is 7.31. The van der Waals surface area contributed by atoms with E-state index in [2.05, 4.69) is 0 Å². The van der Waals surface area contributed by atoms with Crippen LogP contribution in [-0.4, -0.2) is 35.5 Å². The Balaban J connectivity index is 2.38. The van der Waals surface area contributed by atoms with Crippen molar-refractivity contribution in [3.63, 3.8) is 0 Å². The van der Waals surface area contributed by atoms with Gasteiger partial charge in [-0.1, -0.05) is 25.1 Å². The van der Waals surface area contributed by atoms with Gasteiger partial charge in [0.05, 0.1) is 16.3 Å². The molecule has 1 saturated carbocycles. The molecule has 0 aromatic heterocycles. The summed E-state index contributed by atoms with van der Waals surface area (Å²) in [4.78, 5) is 0.352. The molecule has 2 N–H and O–H groups in total. The van der Waals surface area contributed by atoms with Gasteiger partial charge in [0.15, 0.2) is 0 Å². The third-order valence-electron chi connectivity index (χ3n) is 3.47. The van der Waals surface area contributed by atoms with Gasteiger partial charge in [-0.15, -0.1) is 0 Å². The van der Waals surface area contributed by atoms with E-state index in [0.29, 0.717) is 18.0 Å². The first-order valence-electron chi connectivity index (χ1n) is 5.29. The maximum atomic E-state index is 11.9. The Bertz CT molecular complexity index is 372. The fourth-order valence-electron chi connectivity index (χ4n) is 2.70. The van der Waals surface area contributed by atoms with Crippen molar-refractivity contribution >= 4 is 27.2 Å². The highest BCUT2D eigenvalue weighted by atomic mass is 32.2. The van der Waals surface area contributed by atoms with Crippen molar-refractivity contribution in [2.75, 3.05) is 12.3 Å². The molecule has 4 nitrogen and oxygen atoms in total. The second-order valence-electron chi connectivity index (χ2n) is 4.34. The number of nitrogens with zero attached hydrogens (tertiary/aromatic N) is 1. The van der Waals surface area contributed by atoms with E-state index in [1.165, 1.54) is 0 Å². The van der Waals surface area contributed by atoms with Gasteiger partial charge >= 0.3 is 0 Å². The van der Waals surface area contributed by atoms with Crippen LogP contribution in [0.4, 0.5) is 0 Å². The van der Waals surface area contributed by atoms with Gasteiger partial charge in [0.25, 0.3) is 0 Å². The number of nitrogens with two attached hydrogens (primary N) is 1. The lowest BCUT2D eigenvalue weighted by Crippen LogP contribution is -2.55. The summed E-state index contributed by atoms with van der Waals surface area (Å²) in [7, 11) is -3.11. The molecule has 0 aromatic carbocycles. The molecule has 0 amide bonds. The summed E-state index contributed by atoms with van der Waals surface area (Å²) < 4.78 is 25.3. The molecule has 6 heteroatoms. The van der Waals surface area contributed by atoms with E-state index in [-0.39, 0.29) is 5.75 Å². The highest BCUT2D eigenvalue weighted by Gasteiger charge is 2.49. The predicted molar refractivity (Wildman–Crippen MR) is 63.1 cm³/mol. The maximum Gasteiger partial charge on any atom is 0.215 e. The smallest absolute Gasteiger partial charge is 0.215 e. The summed E-state index contributed by atoms with van der Waals surface area (Å²) in [6.07, 6.45) is 4.32. The van der Waals surface area contributed by atoms with Gasteiger partial charge in [0, 0.05) is 6.54 Å². The molecule has 15 heavy (non-hydrogen) atoms. The molecule has 2 fully saturated rings. The van der Waals surface area contributed by atoms with Crippen LogP contribution in [-0.2, 0) is 10.0 Å². The predicted octanol–water partition coefficient (Wildman–Crippen LogP) is 0.621. The molecular weight excluding hydrogens is 232 g/mol. The molecule has 0 spiro atoms. The number of sulfonamides is 1. The zero-order chi connectivity index (χ0) is 11.1. The third kappa shape index (κ3) is 1.68. The minimum absolute atomic E-state index is 0.247. The minimum atomic E-state index is -3.11. The lowest BCUT2D eigenvalue weighted by atomic mass is 9.97. The molecule has 0 radical (unpaired) electrons. The van der Waals surface area contributed by atoms with Crippen LogP contribution in [0.15, 0.2) is 0 Å². The van der Waals surface area contributed by atoms with Gasteiger partial charge in [-0.25, -0.2) is 8.42 Å². The van der Waals surface area contributed by atoms with Crippen molar-refractivity contribution in [2.45, 2.75) is 37.6 Å². The van der Waals surface area contributed by atoms with Crippen LogP contribution in [0.2, 0.25) is 0 Å². The molecule has 0 unspecified atom stereocenters. The summed E-state index contributed by atoms with van der Waals surface area (Å²) in [5, 5.41) is 0. The summed E-state index contributed by atoms with van der Waals surface area (Å²) >= 11 is 5.08. The standard InChI is InChI=1S/C9H16N2O2S2/c10-8(14)9(4-1-2-5-9)11-6-3-7-15(11,12)13/h1-7H2,(H2,10,14). The van der Waals surface area contributed by atoms with Crippen LogP contribution < -0.4 is 5.73 Å². The average Bonchev–Trinajstić information content (AvgIpc) is 2.71. The molecule has 1 saturated heterocycles. The fourth-order valence-corrected chi connectivity index (χ4v) is 5.01. The molecule has 1 aliphatic carbocycles. The second kappa shape index (κ2) is 3.68. The average molecular weight is 248 g/mol. The van der Waals surface area contributed by atoms with Crippen LogP contribution >= 0.6 is 12.2 Å². The highest BCUT2D eigenvalue weighted by Crippen LogP contribution is 2.39. The van der Waals surface area contributed by atoms with Gasteiger partial charge in [-0.05, 0) is 19.3 Å². The van der Waals surface area contributed by atoms with Crippen LogP contribution in [0.25, 0.3) is 0 Å². The van der Waals surface area contributed by atoms with Crippen molar-refractivity contribution in [2.24, 2.45) is 5.73 Å². The molecule has 2 aliphatic rings. The SMILES string of the molecule is NC(=S)C1(N2CCCS2(=O)=O)CCCC1. The topological polar surface area (TPSA) is 63.4 Å². The Morgan fingerprint density at radius 1 is 1.27 bits per heavy atom.